The Morgan fingerprint density at radius 2 is 2.03 bits per heavy atom. The summed E-state index contributed by atoms with van der Waals surface area (Å²) >= 11 is 1.60. The van der Waals surface area contributed by atoms with Crippen molar-refractivity contribution in [1.29, 1.82) is 0 Å². The molecule has 3 heterocycles. The van der Waals surface area contributed by atoms with Crippen molar-refractivity contribution in [3.05, 3.63) is 82.7 Å². The largest absolute Gasteiger partial charge is 0.457 e. The predicted molar refractivity (Wildman–Crippen MR) is 112 cm³/mol. The SMILES string of the molecule is Cc1noc(C)c1COC(=O)/C=C/c1cn(-c2ccccc2)nc1-c1cccs1. The number of aromatic nitrogens is 3. The normalized spacial score (nSPS) is 11.2. The van der Waals surface area contributed by atoms with Gasteiger partial charge in [0.15, 0.2) is 0 Å². The Balaban J connectivity index is 1.55. The van der Waals surface area contributed by atoms with Crippen molar-refractivity contribution in [2.75, 3.05) is 0 Å². The van der Waals surface area contributed by atoms with E-state index in [0.29, 0.717) is 5.76 Å². The zero-order valence-corrected chi connectivity index (χ0v) is 16.8. The van der Waals surface area contributed by atoms with Crippen LogP contribution in [0.1, 0.15) is 22.6 Å². The molecule has 0 aliphatic heterocycles. The minimum atomic E-state index is -0.436. The van der Waals surface area contributed by atoms with Crippen LogP contribution in [0.15, 0.2) is 64.6 Å². The lowest BCUT2D eigenvalue weighted by molar-refractivity contribution is -0.138. The van der Waals surface area contributed by atoms with E-state index < -0.39 is 5.97 Å². The van der Waals surface area contributed by atoms with Crippen LogP contribution < -0.4 is 0 Å². The first kappa shape index (κ1) is 18.9. The number of hydrogen-bond donors (Lipinski definition) is 0. The summed E-state index contributed by atoms with van der Waals surface area (Å²) in [5, 5.41) is 10.6. The molecule has 0 unspecified atom stereocenters. The van der Waals surface area contributed by atoms with Crippen LogP contribution in [0.2, 0.25) is 0 Å². The molecule has 7 heteroatoms. The molecule has 0 spiro atoms. The van der Waals surface area contributed by atoms with Gasteiger partial charge in [-0.15, -0.1) is 11.3 Å². The monoisotopic (exact) mass is 405 g/mol. The molecule has 29 heavy (non-hydrogen) atoms. The van der Waals surface area contributed by atoms with Gasteiger partial charge >= 0.3 is 5.97 Å². The molecule has 0 atom stereocenters. The van der Waals surface area contributed by atoms with Gasteiger partial charge in [0.2, 0.25) is 0 Å². The highest BCUT2D eigenvalue weighted by Crippen LogP contribution is 2.28. The van der Waals surface area contributed by atoms with E-state index in [4.69, 9.17) is 14.4 Å². The third kappa shape index (κ3) is 4.20. The minimum Gasteiger partial charge on any atom is -0.457 e. The lowest BCUT2D eigenvalue weighted by atomic mass is 10.2. The summed E-state index contributed by atoms with van der Waals surface area (Å²) in [5.74, 6) is 0.220. The van der Waals surface area contributed by atoms with E-state index in [2.05, 4.69) is 5.16 Å². The molecule has 1 aromatic carbocycles. The number of hydrogen-bond acceptors (Lipinski definition) is 6. The molecule has 0 radical (unpaired) electrons. The molecule has 0 saturated heterocycles. The van der Waals surface area contributed by atoms with E-state index in [9.17, 15) is 4.79 Å². The number of ether oxygens (including phenoxy) is 1. The van der Waals surface area contributed by atoms with Gasteiger partial charge in [0.05, 0.1) is 21.8 Å². The van der Waals surface area contributed by atoms with E-state index >= 15 is 0 Å². The average Bonchev–Trinajstić information content (AvgIpc) is 3.46. The summed E-state index contributed by atoms with van der Waals surface area (Å²) in [5.41, 5.74) is 4.13. The molecule has 0 aliphatic carbocycles. The van der Waals surface area contributed by atoms with Crippen molar-refractivity contribution in [2.45, 2.75) is 20.5 Å². The highest BCUT2D eigenvalue weighted by Gasteiger charge is 2.13. The third-order valence-corrected chi connectivity index (χ3v) is 5.33. The number of rotatable bonds is 6. The van der Waals surface area contributed by atoms with Crippen LogP contribution in [0, 0.1) is 13.8 Å². The molecule has 0 N–H and O–H groups in total. The molecular weight excluding hydrogens is 386 g/mol. The predicted octanol–water partition coefficient (Wildman–Crippen LogP) is 4.96. The van der Waals surface area contributed by atoms with E-state index in [1.54, 1.807) is 24.3 Å². The highest BCUT2D eigenvalue weighted by molar-refractivity contribution is 7.13. The molecular formula is C22H19N3O3S. The fraction of sp³-hybridized carbons (Fsp3) is 0.136. The van der Waals surface area contributed by atoms with Crippen molar-refractivity contribution in [2.24, 2.45) is 0 Å². The Labute approximate surface area is 172 Å². The first-order valence-corrected chi connectivity index (χ1v) is 9.95. The summed E-state index contributed by atoms with van der Waals surface area (Å²) in [6.07, 6.45) is 5.06. The van der Waals surface area contributed by atoms with Gasteiger partial charge in [-0.2, -0.15) is 5.10 Å². The Morgan fingerprint density at radius 3 is 2.72 bits per heavy atom. The van der Waals surface area contributed by atoms with Gasteiger partial charge in [0.25, 0.3) is 0 Å². The molecule has 6 nitrogen and oxygen atoms in total. The van der Waals surface area contributed by atoms with Crippen molar-refractivity contribution in [1.82, 2.24) is 14.9 Å². The summed E-state index contributed by atoms with van der Waals surface area (Å²) in [7, 11) is 0. The first-order chi connectivity index (χ1) is 14.1. The van der Waals surface area contributed by atoms with Crippen LogP contribution in [0.4, 0.5) is 0 Å². The van der Waals surface area contributed by atoms with E-state index in [0.717, 1.165) is 33.1 Å². The van der Waals surface area contributed by atoms with Crippen LogP contribution in [-0.4, -0.2) is 20.9 Å². The van der Waals surface area contributed by atoms with Crippen LogP contribution in [0.5, 0.6) is 0 Å². The Bertz CT molecular complexity index is 1120. The number of esters is 1. The van der Waals surface area contributed by atoms with Crippen LogP contribution in [-0.2, 0) is 16.1 Å². The van der Waals surface area contributed by atoms with Gasteiger partial charge < -0.3 is 9.26 Å². The molecule has 0 amide bonds. The van der Waals surface area contributed by atoms with Crippen LogP contribution >= 0.6 is 11.3 Å². The van der Waals surface area contributed by atoms with Crippen molar-refractivity contribution >= 4 is 23.4 Å². The molecule has 0 fully saturated rings. The van der Waals surface area contributed by atoms with Gasteiger partial charge in [-0.3, -0.25) is 0 Å². The second-order valence-corrected chi connectivity index (χ2v) is 7.38. The Morgan fingerprint density at radius 1 is 1.21 bits per heavy atom. The Kier molecular flexibility index (Phi) is 5.39. The lowest BCUT2D eigenvalue weighted by Crippen LogP contribution is -2.02. The highest BCUT2D eigenvalue weighted by atomic mass is 32.1. The number of thiophene rings is 1. The second-order valence-electron chi connectivity index (χ2n) is 6.43. The fourth-order valence-corrected chi connectivity index (χ4v) is 3.62. The molecule has 146 valence electrons. The summed E-state index contributed by atoms with van der Waals surface area (Å²) in [4.78, 5) is 13.3. The number of carbonyl (C=O) groups is 1. The number of aryl methyl sites for hydroxylation is 2. The van der Waals surface area contributed by atoms with Crippen molar-refractivity contribution < 1.29 is 14.1 Å². The molecule has 3 aromatic heterocycles. The van der Waals surface area contributed by atoms with E-state index in [-0.39, 0.29) is 6.61 Å². The maximum absolute atomic E-state index is 12.2. The van der Waals surface area contributed by atoms with Gasteiger partial charge in [-0.1, -0.05) is 29.4 Å². The van der Waals surface area contributed by atoms with Crippen molar-refractivity contribution in [3.63, 3.8) is 0 Å². The summed E-state index contributed by atoms with van der Waals surface area (Å²) in [6.45, 7) is 3.75. The number of para-hydroxylation sites is 1. The van der Waals surface area contributed by atoms with Gasteiger partial charge in [-0.25, -0.2) is 9.48 Å². The fourth-order valence-electron chi connectivity index (χ4n) is 2.88. The quantitative estimate of drug-likeness (QED) is 0.335. The van der Waals surface area contributed by atoms with Crippen molar-refractivity contribution in [3.8, 4) is 16.3 Å². The number of nitrogens with zero attached hydrogens (tertiary/aromatic N) is 3. The Hall–Kier alpha value is -3.45. The minimum absolute atomic E-state index is 0.130. The van der Waals surface area contributed by atoms with Gasteiger partial charge in [0, 0.05) is 17.8 Å². The van der Waals surface area contributed by atoms with E-state index in [1.165, 1.54) is 6.08 Å². The topological polar surface area (TPSA) is 70.2 Å². The zero-order chi connectivity index (χ0) is 20.2. The second kappa shape index (κ2) is 8.28. The molecule has 4 aromatic rings. The zero-order valence-electron chi connectivity index (χ0n) is 16.0. The van der Waals surface area contributed by atoms with Crippen LogP contribution in [0.3, 0.4) is 0 Å². The van der Waals surface area contributed by atoms with Gasteiger partial charge in [0.1, 0.15) is 18.1 Å². The maximum atomic E-state index is 12.2. The lowest BCUT2D eigenvalue weighted by Gasteiger charge is -2.01. The molecule has 0 bridgehead atoms. The first-order valence-electron chi connectivity index (χ1n) is 9.07. The molecule has 0 saturated carbocycles. The summed E-state index contributed by atoms with van der Waals surface area (Å²) in [6, 6.07) is 13.8. The average molecular weight is 405 g/mol. The number of carbonyl (C=O) groups excluding carboxylic acids is 1. The number of benzene rings is 1. The maximum Gasteiger partial charge on any atom is 0.331 e. The summed E-state index contributed by atoms with van der Waals surface area (Å²) < 4.78 is 12.2. The van der Waals surface area contributed by atoms with Gasteiger partial charge in [-0.05, 0) is 43.5 Å². The standard InChI is InChI=1S/C22H19N3O3S/c1-15-19(16(2)28-24-15)14-27-21(26)11-10-17-13-25(18-7-4-3-5-8-18)23-22(17)20-9-6-12-29-20/h3-13H,14H2,1-2H3/b11-10+. The molecule has 0 aliphatic rings. The smallest absolute Gasteiger partial charge is 0.331 e. The van der Waals surface area contributed by atoms with Crippen LogP contribution in [0.25, 0.3) is 22.3 Å². The molecule has 4 rings (SSSR count). The third-order valence-electron chi connectivity index (χ3n) is 4.46. The van der Waals surface area contributed by atoms with E-state index in [1.807, 2.05) is 65.6 Å².